The van der Waals surface area contributed by atoms with E-state index < -0.39 is 0 Å². The van der Waals surface area contributed by atoms with Crippen molar-refractivity contribution in [1.29, 1.82) is 0 Å². The molecule has 1 N–H and O–H groups in total. The summed E-state index contributed by atoms with van der Waals surface area (Å²) < 4.78 is 12.8. The number of hydrogen-bond donors (Lipinski definition) is 1. The molecule has 0 bridgehead atoms. The Labute approximate surface area is 182 Å². The number of carbonyl (C=O) groups is 1. The maximum atomic E-state index is 12.5. The van der Waals surface area contributed by atoms with Gasteiger partial charge in [0.2, 0.25) is 11.8 Å². The second-order valence-corrected chi connectivity index (χ2v) is 7.44. The van der Waals surface area contributed by atoms with Gasteiger partial charge in [0.1, 0.15) is 5.75 Å². The van der Waals surface area contributed by atoms with Crippen LogP contribution in [0.1, 0.15) is 22.1 Å². The van der Waals surface area contributed by atoms with Crippen molar-refractivity contribution in [3.05, 3.63) is 71.9 Å². The van der Waals surface area contributed by atoms with Gasteiger partial charge in [-0.25, -0.2) is 0 Å². The smallest absolute Gasteiger partial charge is 0.255 e. The van der Waals surface area contributed by atoms with Gasteiger partial charge in [0.15, 0.2) is 11.0 Å². The molecule has 4 aromatic rings. The van der Waals surface area contributed by atoms with Crippen molar-refractivity contribution >= 4 is 17.7 Å². The second-order valence-electron chi connectivity index (χ2n) is 6.50. The molecule has 0 fully saturated rings. The average Bonchev–Trinajstić information content (AvgIpc) is 3.43. The highest BCUT2D eigenvalue weighted by atomic mass is 32.2. The van der Waals surface area contributed by atoms with Crippen LogP contribution in [0.3, 0.4) is 0 Å². The first kappa shape index (κ1) is 20.6. The lowest BCUT2D eigenvalue weighted by Crippen LogP contribution is -2.25. The number of carbonyl (C=O) groups excluding carboxylic acids is 1. The molecule has 0 aliphatic heterocycles. The topological polar surface area (TPSA) is 108 Å². The number of nitrogens with zero attached hydrogens (tertiary/aromatic N) is 5. The Hall–Kier alpha value is -3.66. The number of rotatable bonds is 8. The molecule has 4 rings (SSSR count). The fraction of sp³-hybridized carbons (Fsp3) is 0.190. The summed E-state index contributed by atoms with van der Waals surface area (Å²) in [6, 6.07) is 16.7. The maximum Gasteiger partial charge on any atom is 0.255 e. The molecule has 0 aliphatic carbocycles. The Morgan fingerprint density at radius 2 is 1.84 bits per heavy atom. The first-order valence-electron chi connectivity index (χ1n) is 9.46. The van der Waals surface area contributed by atoms with Gasteiger partial charge >= 0.3 is 0 Å². The quantitative estimate of drug-likeness (QED) is 0.420. The zero-order valence-corrected chi connectivity index (χ0v) is 17.8. The van der Waals surface area contributed by atoms with Crippen LogP contribution < -0.4 is 10.1 Å². The summed E-state index contributed by atoms with van der Waals surface area (Å²) in [5.74, 6) is 2.34. The summed E-state index contributed by atoms with van der Waals surface area (Å²) in [6.07, 6.45) is 0. The highest BCUT2D eigenvalue weighted by molar-refractivity contribution is 7.98. The number of hydrogen-bond acceptors (Lipinski definition) is 8. The zero-order valence-electron chi connectivity index (χ0n) is 17.0. The Balaban J connectivity index is 1.35. The third kappa shape index (κ3) is 4.75. The number of methoxy groups -OCH3 is 1. The Kier molecular flexibility index (Phi) is 6.27. The first-order valence-corrected chi connectivity index (χ1v) is 10.4. The lowest BCUT2D eigenvalue weighted by atomic mass is 10.2. The molecule has 158 valence electrons. The normalized spacial score (nSPS) is 10.8. The van der Waals surface area contributed by atoms with Gasteiger partial charge in [0.05, 0.1) is 25.0 Å². The number of thioether (sulfide) groups is 1. The van der Waals surface area contributed by atoms with Gasteiger partial charge in [0.25, 0.3) is 5.91 Å². The lowest BCUT2D eigenvalue weighted by Gasteiger charge is -2.09. The Morgan fingerprint density at radius 3 is 2.65 bits per heavy atom. The molecular formula is C21H20N6O3S. The van der Waals surface area contributed by atoms with Crippen LogP contribution in [0.15, 0.2) is 64.2 Å². The standard InChI is InChI=1S/C21H20N6O3S/c1-27-17(12-22-19(28)15-10-6-7-11-16(15)29-2)23-26-21(27)31-13-18-24-25-20(30-18)14-8-4-3-5-9-14/h3-11H,12-13H2,1-2H3,(H,22,28). The van der Waals surface area contributed by atoms with E-state index in [1.165, 1.54) is 18.9 Å². The SMILES string of the molecule is COc1ccccc1C(=O)NCc1nnc(SCc2nnc(-c3ccccc3)o2)n1C. The third-order valence-corrected chi connectivity index (χ3v) is 5.50. The van der Waals surface area contributed by atoms with Gasteiger partial charge in [-0.15, -0.1) is 20.4 Å². The average molecular weight is 436 g/mol. The van der Waals surface area contributed by atoms with E-state index in [4.69, 9.17) is 9.15 Å². The Morgan fingerprint density at radius 1 is 1.06 bits per heavy atom. The van der Waals surface area contributed by atoms with Crippen molar-refractivity contribution in [3.63, 3.8) is 0 Å². The summed E-state index contributed by atoms with van der Waals surface area (Å²) in [7, 11) is 3.38. The molecule has 9 nitrogen and oxygen atoms in total. The third-order valence-electron chi connectivity index (χ3n) is 4.50. The van der Waals surface area contributed by atoms with Crippen LogP contribution in [0, 0.1) is 0 Å². The predicted molar refractivity (Wildman–Crippen MR) is 114 cm³/mol. The molecule has 0 radical (unpaired) electrons. The van der Waals surface area contributed by atoms with E-state index in [-0.39, 0.29) is 12.5 Å². The fourth-order valence-electron chi connectivity index (χ4n) is 2.85. The van der Waals surface area contributed by atoms with Crippen LogP contribution in [-0.2, 0) is 19.3 Å². The molecule has 1 amide bonds. The van der Waals surface area contributed by atoms with Crippen LogP contribution in [0.5, 0.6) is 5.75 Å². The van der Waals surface area contributed by atoms with Crippen LogP contribution in [0.2, 0.25) is 0 Å². The minimum Gasteiger partial charge on any atom is -0.496 e. The summed E-state index contributed by atoms with van der Waals surface area (Å²) >= 11 is 1.43. The number of benzene rings is 2. The zero-order chi connectivity index (χ0) is 21.6. The summed E-state index contributed by atoms with van der Waals surface area (Å²) in [5.41, 5.74) is 1.34. The highest BCUT2D eigenvalue weighted by Crippen LogP contribution is 2.23. The molecule has 0 spiro atoms. The van der Waals surface area contributed by atoms with Crippen molar-refractivity contribution in [2.45, 2.75) is 17.5 Å². The van der Waals surface area contributed by atoms with E-state index in [1.807, 2.05) is 48.0 Å². The van der Waals surface area contributed by atoms with E-state index in [2.05, 4.69) is 25.7 Å². The largest absolute Gasteiger partial charge is 0.496 e. The van der Waals surface area contributed by atoms with E-state index in [1.54, 1.807) is 18.2 Å². The van der Waals surface area contributed by atoms with Gasteiger partial charge < -0.3 is 19.0 Å². The van der Waals surface area contributed by atoms with Crippen molar-refractivity contribution in [3.8, 4) is 17.2 Å². The van der Waals surface area contributed by atoms with Crippen LogP contribution in [0.4, 0.5) is 0 Å². The van der Waals surface area contributed by atoms with E-state index in [9.17, 15) is 4.79 Å². The maximum absolute atomic E-state index is 12.5. The monoisotopic (exact) mass is 436 g/mol. The van der Waals surface area contributed by atoms with Gasteiger partial charge in [-0.05, 0) is 24.3 Å². The minimum absolute atomic E-state index is 0.236. The number of ether oxygens (including phenoxy) is 1. The number of para-hydroxylation sites is 1. The second kappa shape index (κ2) is 9.43. The van der Waals surface area contributed by atoms with E-state index >= 15 is 0 Å². The van der Waals surface area contributed by atoms with Crippen molar-refractivity contribution in [2.24, 2.45) is 7.05 Å². The van der Waals surface area contributed by atoms with E-state index in [0.29, 0.717) is 39.8 Å². The predicted octanol–water partition coefficient (Wildman–Crippen LogP) is 3.10. The summed E-state index contributed by atoms with van der Waals surface area (Å²) in [5, 5.41) is 20.1. The lowest BCUT2D eigenvalue weighted by molar-refractivity contribution is 0.0946. The van der Waals surface area contributed by atoms with Gasteiger partial charge in [-0.1, -0.05) is 42.1 Å². The summed E-state index contributed by atoms with van der Waals surface area (Å²) in [4.78, 5) is 12.5. The van der Waals surface area contributed by atoms with Crippen LogP contribution in [-0.4, -0.2) is 38.0 Å². The van der Waals surface area contributed by atoms with Gasteiger partial charge in [-0.2, -0.15) is 0 Å². The molecule has 0 aliphatic rings. The number of aromatic nitrogens is 5. The van der Waals surface area contributed by atoms with Crippen molar-refractivity contribution in [1.82, 2.24) is 30.3 Å². The molecule has 10 heteroatoms. The van der Waals surface area contributed by atoms with Crippen molar-refractivity contribution in [2.75, 3.05) is 7.11 Å². The molecule has 0 unspecified atom stereocenters. The molecule has 2 heterocycles. The molecule has 31 heavy (non-hydrogen) atoms. The first-order chi connectivity index (χ1) is 15.2. The molecule has 0 saturated heterocycles. The summed E-state index contributed by atoms with van der Waals surface area (Å²) in [6.45, 7) is 0.236. The molecule has 0 atom stereocenters. The molecule has 2 aromatic heterocycles. The van der Waals surface area contributed by atoms with Crippen LogP contribution in [0.25, 0.3) is 11.5 Å². The van der Waals surface area contributed by atoms with E-state index in [0.717, 1.165) is 5.56 Å². The molecular weight excluding hydrogens is 416 g/mol. The van der Waals surface area contributed by atoms with Crippen LogP contribution >= 0.6 is 11.8 Å². The fourth-order valence-corrected chi connectivity index (χ4v) is 3.61. The Bertz CT molecular complexity index is 1170. The highest BCUT2D eigenvalue weighted by Gasteiger charge is 2.15. The van der Waals surface area contributed by atoms with Crippen molar-refractivity contribution < 1.29 is 13.9 Å². The molecule has 0 saturated carbocycles. The number of amides is 1. The van der Waals surface area contributed by atoms with Gasteiger partial charge in [-0.3, -0.25) is 4.79 Å². The van der Waals surface area contributed by atoms with Gasteiger partial charge in [0, 0.05) is 12.6 Å². The molecule has 2 aromatic carbocycles. The number of nitrogens with one attached hydrogen (secondary N) is 1. The minimum atomic E-state index is -0.242.